The van der Waals surface area contributed by atoms with Gasteiger partial charge in [0.05, 0.1) is 5.54 Å². The van der Waals surface area contributed by atoms with Crippen molar-refractivity contribution in [1.29, 1.82) is 0 Å². The zero-order valence-corrected chi connectivity index (χ0v) is 11.8. The van der Waals surface area contributed by atoms with Crippen LogP contribution in [0, 0.1) is 0 Å². The van der Waals surface area contributed by atoms with E-state index in [0.29, 0.717) is 6.54 Å². The monoisotopic (exact) mass is 318 g/mol. The second-order valence-corrected chi connectivity index (χ2v) is 5.20. The third-order valence-electron chi connectivity index (χ3n) is 2.85. The highest BCUT2D eigenvalue weighted by atomic mass is 79.9. The lowest BCUT2D eigenvalue weighted by Gasteiger charge is -2.09. The van der Waals surface area contributed by atoms with Gasteiger partial charge in [0.2, 0.25) is 5.91 Å². The molecular formula is C12H16BrClN2O. The van der Waals surface area contributed by atoms with Crippen LogP contribution in [0.25, 0.3) is 0 Å². The fourth-order valence-electron chi connectivity index (χ4n) is 1.51. The van der Waals surface area contributed by atoms with E-state index < -0.39 is 5.54 Å². The Morgan fingerprint density at radius 2 is 1.94 bits per heavy atom. The molecule has 0 atom stereocenters. The predicted molar refractivity (Wildman–Crippen MR) is 74.3 cm³/mol. The Kier molecular flexibility index (Phi) is 4.98. The molecule has 2 rings (SSSR count). The second-order valence-electron chi connectivity index (χ2n) is 4.29. The summed E-state index contributed by atoms with van der Waals surface area (Å²) in [4.78, 5) is 11.5. The molecule has 1 aromatic rings. The van der Waals surface area contributed by atoms with Gasteiger partial charge in [0.25, 0.3) is 0 Å². The number of benzene rings is 1. The van der Waals surface area contributed by atoms with E-state index in [0.717, 1.165) is 23.7 Å². The van der Waals surface area contributed by atoms with Gasteiger partial charge in [0.15, 0.2) is 0 Å². The first-order valence-electron chi connectivity index (χ1n) is 5.42. The van der Waals surface area contributed by atoms with Crippen LogP contribution in [0.4, 0.5) is 0 Å². The van der Waals surface area contributed by atoms with E-state index in [9.17, 15) is 4.79 Å². The smallest absolute Gasteiger partial charge is 0.240 e. The quantitative estimate of drug-likeness (QED) is 0.892. The summed E-state index contributed by atoms with van der Waals surface area (Å²) in [5.41, 5.74) is 6.43. The van der Waals surface area contributed by atoms with Crippen LogP contribution < -0.4 is 11.1 Å². The molecular weight excluding hydrogens is 304 g/mol. The van der Waals surface area contributed by atoms with Crippen LogP contribution >= 0.6 is 28.3 Å². The highest BCUT2D eigenvalue weighted by molar-refractivity contribution is 9.10. The topological polar surface area (TPSA) is 55.1 Å². The van der Waals surface area contributed by atoms with E-state index in [1.165, 1.54) is 5.56 Å². The van der Waals surface area contributed by atoms with Crippen molar-refractivity contribution in [2.75, 3.05) is 6.54 Å². The first-order chi connectivity index (χ1) is 7.60. The maximum Gasteiger partial charge on any atom is 0.240 e. The lowest BCUT2D eigenvalue weighted by atomic mass is 10.1. The fraction of sp³-hybridized carbons (Fsp3) is 0.417. The molecule has 0 radical (unpaired) electrons. The Morgan fingerprint density at radius 1 is 1.35 bits per heavy atom. The normalized spacial score (nSPS) is 15.9. The van der Waals surface area contributed by atoms with Crippen molar-refractivity contribution in [3.05, 3.63) is 34.3 Å². The van der Waals surface area contributed by atoms with Gasteiger partial charge in [0, 0.05) is 11.0 Å². The van der Waals surface area contributed by atoms with E-state index in [-0.39, 0.29) is 18.3 Å². The van der Waals surface area contributed by atoms with Gasteiger partial charge in [-0.3, -0.25) is 4.79 Å². The van der Waals surface area contributed by atoms with Gasteiger partial charge in [-0.1, -0.05) is 28.1 Å². The van der Waals surface area contributed by atoms with Gasteiger partial charge in [-0.2, -0.15) is 0 Å². The molecule has 0 aliphatic heterocycles. The third-order valence-corrected chi connectivity index (χ3v) is 3.38. The summed E-state index contributed by atoms with van der Waals surface area (Å²) in [5.74, 6) is -0.00962. The van der Waals surface area contributed by atoms with Gasteiger partial charge in [-0.25, -0.2) is 0 Å². The number of halogens is 2. The summed E-state index contributed by atoms with van der Waals surface area (Å²) in [6, 6.07) is 8.10. The van der Waals surface area contributed by atoms with Gasteiger partial charge in [-0.15, -0.1) is 12.4 Å². The Morgan fingerprint density at radius 3 is 2.47 bits per heavy atom. The lowest BCUT2D eigenvalue weighted by molar-refractivity contribution is -0.123. The minimum atomic E-state index is -0.556. The van der Waals surface area contributed by atoms with Crippen LogP contribution in [-0.2, 0) is 11.2 Å². The Hall–Kier alpha value is -0.580. The van der Waals surface area contributed by atoms with E-state index >= 15 is 0 Å². The number of amides is 1. The van der Waals surface area contributed by atoms with Crippen LogP contribution in [0.5, 0.6) is 0 Å². The second kappa shape index (κ2) is 5.85. The van der Waals surface area contributed by atoms with Crippen molar-refractivity contribution in [1.82, 2.24) is 5.32 Å². The molecule has 0 spiro atoms. The first-order valence-corrected chi connectivity index (χ1v) is 6.21. The van der Waals surface area contributed by atoms with Gasteiger partial charge in [0.1, 0.15) is 0 Å². The molecule has 17 heavy (non-hydrogen) atoms. The summed E-state index contributed by atoms with van der Waals surface area (Å²) < 4.78 is 1.07. The standard InChI is InChI=1S/C12H15BrN2O.ClH/c13-10-3-1-9(2-4-10)5-8-15-11(16)12(14)6-7-12;/h1-4H,5-8,14H2,(H,15,16);1H. The zero-order chi connectivity index (χ0) is 11.6. The molecule has 0 heterocycles. The van der Waals surface area contributed by atoms with Crippen molar-refractivity contribution in [3.63, 3.8) is 0 Å². The molecule has 3 N–H and O–H groups in total. The molecule has 1 saturated carbocycles. The van der Waals surface area contributed by atoms with Crippen molar-refractivity contribution in [2.24, 2.45) is 5.73 Å². The zero-order valence-electron chi connectivity index (χ0n) is 9.41. The van der Waals surface area contributed by atoms with Crippen LogP contribution in [0.15, 0.2) is 28.7 Å². The molecule has 0 aromatic heterocycles. The fourth-order valence-corrected chi connectivity index (χ4v) is 1.77. The minimum absolute atomic E-state index is 0. The molecule has 1 aromatic carbocycles. The summed E-state index contributed by atoms with van der Waals surface area (Å²) in [6.45, 7) is 0.652. The van der Waals surface area contributed by atoms with Crippen molar-refractivity contribution in [2.45, 2.75) is 24.8 Å². The SMILES string of the molecule is Cl.NC1(C(=O)NCCc2ccc(Br)cc2)CC1. The van der Waals surface area contributed by atoms with Crippen LogP contribution in [0.3, 0.4) is 0 Å². The first kappa shape index (κ1) is 14.5. The highest BCUT2D eigenvalue weighted by Gasteiger charge is 2.45. The predicted octanol–water partition coefficient (Wildman–Crippen LogP) is 2.02. The molecule has 1 fully saturated rings. The van der Waals surface area contributed by atoms with E-state index in [2.05, 4.69) is 21.2 Å². The third kappa shape index (κ3) is 3.98. The lowest BCUT2D eigenvalue weighted by Crippen LogP contribution is -2.43. The van der Waals surface area contributed by atoms with Crippen molar-refractivity contribution in [3.8, 4) is 0 Å². The number of hydrogen-bond acceptors (Lipinski definition) is 2. The number of nitrogens with one attached hydrogen (secondary N) is 1. The molecule has 0 bridgehead atoms. The van der Waals surface area contributed by atoms with E-state index in [1.54, 1.807) is 0 Å². The average Bonchev–Trinajstić information content (AvgIpc) is 3.01. The maximum absolute atomic E-state index is 11.5. The largest absolute Gasteiger partial charge is 0.354 e. The van der Waals surface area contributed by atoms with Gasteiger partial charge < -0.3 is 11.1 Å². The molecule has 5 heteroatoms. The van der Waals surface area contributed by atoms with E-state index in [4.69, 9.17) is 5.73 Å². The summed E-state index contributed by atoms with van der Waals surface area (Å²) in [7, 11) is 0. The molecule has 0 unspecified atom stereocenters. The molecule has 1 aliphatic carbocycles. The summed E-state index contributed by atoms with van der Waals surface area (Å²) in [6.07, 6.45) is 2.48. The number of hydrogen-bond donors (Lipinski definition) is 2. The average molecular weight is 320 g/mol. The van der Waals surface area contributed by atoms with Crippen LogP contribution in [0.2, 0.25) is 0 Å². The molecule has 0 saturated heterocycles. The van der Waals surface area contributed by atoms with E-state index in [1.807, 2.05) is 24.3 Å². The maximum atomic E-state index is 11.5. The number of rotatable bonds is 4. The molecule has 1 aliphatic rings. The number of nitrogens with two attached hydrogens (primary N) is 1. The molecule has 3 nitrogen and oxygen atoms in total. The number of carbonyl (C=O) groups excluding carboxylic acids is 1. The van der Waals surface area contributed by atoms with Gasteiger partial charge in [-0.05, 0) is 37.0 Å². The summed E-state index contributed by atoms with van der Waals surface area (Å²) >= 11 is 3.38. The van der Waals surface area contributed by atoms with Crippen molar-refractivity contribution < 1.29 is 4.79 Å². The highest BCUT2D eigenvalue weighted by Crippen LogP contribution is 2.31. The Labute approximate surface area is 116 Å². The van der Waals surface area contributed by atoms with Crippen LogP contribution in [-0.4, -0.2) is 18.0 Å². The molecule has 94 valence electrons. The van der Waals surface area contributed by atoms with Gasteiger partial charge >= 0.3 is 0 Å². The molecule has 1 amide bonds. The minimum Gasteiger partial charge on any atom is -0.354 e. The number of carbonyl (C=O) groups is 1. The van der Waals surface area contributed by atoms with Crippen molar-refractivity contribution >= 4 is 34.2 Å². The summed E-state index contributed by atoms with van der Waals surface area (Å²) in [5, 5.41) is 2.87. The Bertz CT molecular complexity index is 390. The van der Waals surface area contributed by atoms with Crippen LogP contribution in [0.1, 0.15) is 18.4 Å². The Balaban J connectivity index is 0.00000144.